The molecule has 2 aromatic rings. The van der Waals surface area contributed by atoms with E-state index in [-0.39, 0.29) is 0 Å². The molecule has 0 atom stereocenters. The summed E-state index contributed by atoms with van der Waals surface area (Å²) in [5.74, 6) is 0.937. The van der Waals surface area contributed by atoms with Crippen molar-refractivity contribution in [3.05, 3.63) is 42.2 Å². The number of rotatable bonds is 3. The van der Waals surface area contributed by atoms with Crippen LogP contribution in [0.5, 0.6) is 0 Å². The largest absolute Gasteiger partial charge is 0.464 e. The molecule has 82 valence electrons. The predicted octanol–water partition coefficient (Wildman–Crippen LogP) is 3.83. The molecular formula is C14H15NO. The van der Waals surface area contributed by atoms with Crippen LogP contribution in [0, 0.1) is 6.92 Å². The maximum Gasteiger partial charge on any atom is 0.135 e. The number of furan rings is 1. The van der Waals surface area contributed by atoms with Crippen molar-refractivity contribution in [1.29, 1.82) is 0 Å². The lowest BCUT2D eigenvalue weighted by atomic mass is 10.1. The second-order valence-electron chi connectivity index (χ2n) is 4.39. The van der Waals surface area contributed by atoms with Crippen molar-refractivity contribution in [3.63, 3.8) is 0 Å². The van der Waals surface area contributed by atoms with E-state index in [0.717, 1.165) is 11.3 Å². The molecule has 2 nitrogen and oxygen atoms in total. The van der Waals surface area contributed by atoms with E-state index in [1.165, 1.54) is 24.1 Å². The second kappa shape index (κ2) is 3.71. The highest BCUT2D eigenvalue weighted by molar-refractivity contribution is 5.77. The minimum Gasteiger partial charge on any atom is -0.464 e. The van der Waals surface area contributed by atoms with Crippen molar-refractivity contribution < 1.29 is 4.42 Å². The molecule has 0 bridgehead atoms. The molecule has 3 rings (SSSR count). The Morgan fingerprint density at radius 2 is 2.06 bits per heavy atom. The number of nitrogens with one attached hydrogen (secondary N) is 1. The summed E-state index contributed by atoms with van der Waals surface area (Å²) in [6.45, 7) is 2.14. The Morgan fingerprint density at radius 3 is 2.75 bits per heavy atom. The van der Waals surface area contributed by atoms with Crippen LogP contribution in [0.2, 0.25) is 0 Å². The zero-order valence-corrected chi connectivity index (χ0v) is 9.36. The van der Waals surface area contributed by atoms with Crippen molar-refractivity contribution in [2.45, 2.75) is 25.8 Å². The van der Waals surface area contributed by atoms with Crippen LogP contribution in [0.15, 0.2) is 41.0 Å². The summed E-state index contributed by atoms with van der Waals surface area (Å²) in [6, 6.07) is 10.9. The van der Waals surface area contributed by atoms with Crippen LogP contribution in [-0.2, 0) is 0 Å². The van der Waals surface area contributed by atoms with Crippen LogP contribution in [0.4, 0.5) is 5.69 Å². The molecule has 0 aliphatic heterocycles. The number of benzene rings is 1. The fourth-order valence-electron chi connectivity index (χ4n) is 1.93. The summed E-state index contributed by atoms with van der Waals surface area (Å²) in [7, 11) is 0. The van der Waals surface area contributed by atoms with Gasteiger partial charge in [-0.25, -0.2) is 0 Å². The normalized spacial score (nSPS) is 15.1. The van der Waals surface area contributed by atoms with Gasteiger partial charge in [0.05, 0.1) is 6.26 Å². The van der Waals surface area contributed by atoms with Crippen LogP contribution in [0.25, 0.3) is 11.3 Å². The lowest BCUT2D eigenvalue weighted by molar-refractivity contribution is 0.582. The van der Waals surface area contributed by atoms with Crippen LogP contribution >= 0.6 is 0 Å². The zero-order valence-electron chi connectivity index (χ0n) is 9.36. The van der Waals surface area contributed by atoms with Gasteiger partial charge in [0.2, 0.25) is 0 Å². The molecule has 1 heterocycles. The Labute approximate surface area is 95.3 Å². The Balaban J connectivity index is 2.05. The van der Waals surface area contributed by atoms with Crippen molar-refractivity contribution in [3.8, 4) is 11.3 Å². The quantitative estimate of drug-likeness (QED) is 0.838. The third kappa shape index (κ3) is 1.71. The first kappa shape index (κ1) is 9.52. The number of hydrogen-bond donors (Lipinski definition) is 1. The van der Waals surface area contributed by atoms with Gasteiger partial charge in [0.15, 0.2) is 0 Å². The van der Waals surface area contributed by atoms with Crippen molar-refractivity contribution in [1.82, 2.24) is 0 Å². The first-order chi connectivity index (χ1) is 7.84. The minimum absolute atomic E-state index is 0.662. The van der Waals surface area contributed by atoms with Crippen molar-refractivity contribution in [2.24, 2.45) is 0 Å². The first-order valence-corrected chi connectivity index (χ1v) is 5.74. The molecule has 1 aromatic heterocycles. The molecule has 0 radical (unpaired) electrons. The van der Waals surface area contributed by atoms with Gasteiger partial charge < -0.3 is 9.73 Å². The van der Waals surface area contributed by atoms with Crippen LogP contribution in [0.1, 0.15) is 18.4 Å². The Bertz CT molecular complexity index is 483. The number of aryl methyl sites for hydroxylation is 1. The summed E-state index contributed by atoms with van der Waals surface area (Å²) in [6.07, 6.45) is 4.29. The van der Waals surface area contributed by atoms with Gasteiger partial charge in [0.25, 0.3) is 0 Å². The lowest BCUT2D eigenvalue weighted by Gasteiger charge is -2.12. The Morgan fingerprint density at radius 1 is 1.19 bits per heavy atom. The predicted molar refractivity (Wildman–Crippen MR) is 65.5 cm³/mol. The maximum absolute atomic E-state index is 5.48. The molecule has 0 amide bonds. The van der Waals surface area contributed by atoms with Crippen molar-refractivity contribution >= 4 is 5.69 Å². The molecule has 16 heavy (non-hydrogen) atoms. The van der Waals surface area contributed by atoms with E-state index in [2.05, 4.69) is 30.4 Å². The van der Waals surface area contributed by atoms with Gasteiger partial charge >= 0.3 is 0 Å². The monoisotopic (exact) mass is 213 g/mol. The molecular weight excluding hydrogens is 198 g/mol. The lowest BCUT2D eigenvalue weighted by Crippen LogP contribution is -2.04. The molecule has 0 spiro atoms. The van der Waals surface area contributed by atoms with E-state index < -0.39 is 0 Å². The zero-order chi connectivity index (χ0) is 11.0. The fourth-order valence-corrected chi connectivity index (χ4v) is 1.93. The summed E-state index contributed by atoms with van der Waals surface area (Å²) in [5, 5.41) is 3.58. The molecule has 1 aliphatic carbocycles. The topological polar surface area (TPSA) is 25.2 Å². The van der Waals surface area contributed by atoms with Gasteiger partial charge in [-0.05, 0) is 43.5 Å². The summed E-state index contributed by atoms with van der Waals surface area (Å²) in [5.41, 5.74) is 3.66. The fraction of sp³-hybridized carbons (Fsp3) is 0.286. The smallest absolute Gasteiger partial charge is 0.135 e. The standard InChI is InChI=1S/C14H15NO/c1-10-4-2-5-12(13-6-3-9-16-13)14(10)15-11-7-8-11/h2-6,9,11,15H,7-8H2,1H3. The minimum atomic E-state index is 0.662. The van der Waals surface area contributed by atoms with Crippen molar-refractivity contribution in [2.75, 3.05) is 5.32 Å². The van der Waals surface area contributed by atoms with E-state index in [1.54, 1.807) is 6.26 Å². The SMILES string of the molecule is Cc1cccc(-c2ccco2)c1NC1CC1. The average molecular weight is 213 g/mol. The highest BCUT2D eigenvalue weighted by Crippen LogP contribution is 2.34. The highest BCUT2D eigenvalue weighted by atomic mass is 16.3. The first-order valence-electron chi connectivity index (χ1n) is 5.74. The van der Waals surface area contributed by atoms with Gasteiger partial charge in [-0.3, -0.25) is 0 Å². The average Bonchev–Trinajstić information content (AvgIpc) is 2.94. The summed E-state index contributed by atoms with van der Waals surface area (Å²) < 4.78 is 5.48. The highest BCUT2D eigenvalue weighted by Gasteiger charge is 2.23. The van der Waals surface area contributed by atoms with E-state index in [1.807, 2.05) is 12.1 Å². The van der Waals surface area contributed by atoms with Gasteiger partial charge in [-0.2, -0.15) is 0 Å². The summed E-state index contributed by atoms with van der Waals surface area (Å²) >= 11 is 0. The maximum atomic E-state index is 5.48. The molecule has 0 saturated heterocycles. The van der Waals surface area contributed by atoms with E-state index in [4.69, 9.17) is 4.42 Å². The van der Waals surface area contributed by atoms with E-state index in [0.29, 0.717) is 6.04 Å². The summed E-state index contributed by atoms with van der Waals surface area (Å²) in [4.78, 5) is 0. The third-order valence-electron chi connectivity index (χ3n) is 2.99. The van der Waals surface area contributed by atoms with Gasteiger partial charge in [-0.15, -0.1) is 0 Å². The van der Waals surface area contributed by atoms with Crippen LogP contribution in [0.3, 0.4) is 0 Å². The van der Waals surface area contributed by atoms with Crippen LogP contribution < -0.4 is 5.32 Å². The Kier molecular flexibility index (Phi) is 2.21. The van der Waals surface area contributed by atoms with Gasteiger partial charge in [0, 0.05) is 17.3 Å². The molecule has 1 fully saturated rings. The number of para-hydroxylation sites is 1. The van der Waals surface area contributed by atoms with Gasteiger partial charge in [-0.1, -0.05) is 12.1 Å². The van der Waals surface area contributed by atoms with Gasteiger partial charge in [0.1, 0.15) is 5.76 Å². The van der Waals surface area contributed by atoms with E-state index in [9.17, 15) is 0 Å². The second-order valence-corrected chi connectivity index (χ2v) is 4.39. The molecule has 0 unspecified atom stereocenters. The molecule has 2 heteroatoms. The van der Waals surface area contributed by atoms with Crippen LogP contribution in [-0.4, -0.2) is 6.04 Å². The number of anilines is 1. The molecule has 1 saturated carbocycles. The Hall–Kier alpha value is -1.70. The van der Waals surface area contributed by atoms with E-state index >= 15 is 0 Å². The number of hydrogen-bond acceptors (Lipinski definition) is 2. The molecule has 1 aromatic carbocycles. The molecule has 1 aliphatic rings. The molecule has 1 N–H and O–H groups in total. The third-order valence-corrected chi connectivity index (χ3v) is 2.99.